The summed E-state index contributed by atoms with van der Waals surface area (Å²) >= 11 is 1.02. The van der Waals surface area contributed by atoms with Crippen molar-refractivity contribution in [3.63, 3.8) is 0 Å². The number of benzene rings is 1. The maximum Gasteiger partial charge on any atom is 0.293 e. The second kappa shape index (κ2) is 5.40. The lowest BCUT2D eigenvalue weighted by Crippen LogP contribution is -2.36. The van der Waals surface area contributed by atoms with E-state index in [2.05, 4.69) is 0 Å². The van der Waals surface area contributed by atoms with E-state index >= 15 is 0 Å². The third-order valence-corrected chi connectivity index (χ3v) is 3.84. The van der Waals surface area contributed by atoms with Crippen LogP contribution in [0.15, 0.2) is 35.2 Å². The number of carbonyl (C=O) groups is 2. The van der Waals surface area contributed by atoms with Crippen molar-refractivity contribution in [1.82, 2.24) is 4.90 Å². The molecule has 1 fully saturated rings. The van der Waals surface area contributed by atoms with Crippen molar-refractivity contribution in [2.24, 2.45) is 0 Å². The first-order valence-corrected chi connectivity index (χ1v) is 6.77. The first-order valence-electron chi connectivity index (χ1n) is 5.95. The molecule has 0 aromatic heterocycles. The van der Waals surface area contributed by atoms with Gasteiger partial charge in [0.25, 0.3) is 11.1 Å². The van der Waals surface area contributed by atoms with Gasteiger partial charge in [-0.1, -0.05) is 37.3 Å². The quantitative estimate of drug-likeness (QED) is 0.781. The highest BCUT2D eigenvalue weighted by Crippen LogP contribution is 2.33. The van der Waals surface area contributed by atoms with Gasteiger partial charge < -0.3 is 0 Å². The highest BCUT2D eigenvalue weighted by atomic mass is 32.2. The van der Waals surface area contributed by atoms with Crippen molar-refractivity contribution in [3.8, 4) is 0 Å². The third kappa shape index (κ3) is 2.48. The smallest absolute Gasteiger partial charge is 0.268 e. The second-order valence-electron chi connectivity index (χ2n) is 4.22. The molecule has 3 nitrogen and oxygen atoms in total. The summed E-state index contributed by atoms with van der Waals surface area (Å²) < 4.78 is 0. The topological polar surface area (TPSA) is 37.4 Å². The van der Waals surface area contributed by atoms with E-state index in [1.807, 2.05) is 44.2 Å². The van der Waals surface area contributed by atoms with Gasteiger partial charge >= 0.3 is 0 Å². The summed E-state index contributed by atoms with van der Waals surface area (Å²) in [5, 5.41) is -0.170. The Morgan fingerprint density at radius 3 is 2.56 bits per heavy atom. The zero-order valence-corrected chi connectivity index (χ0v) is 11.2. The maximum absolute atomic E-state index is 12.1. The largest absolute Gasteiger partial charge is 0.293 e. The van der Waals surface area contributed by atoms with E-state index in [0.717, 1.165) is 23.7 Å². The first-order chi connectivity index (χ1) is 8.63. The second-order valence-corrected chi connectivity index (χ2v) is 5.21. The Labute approximate surface area is 111 Å². The van der Waals surface area contributed by atoms with Crippen LogP contribution in [0, 0.1) is 0 Å². The van der Waals surface area contributed by atoms with Gasteiger partial charge in [0.15, 0.2) is 0 Å². The van der Waals surface area contributed by atoms with Crippen LogP contribution in [0.5, 0.6) is 0 Å². The fraction of sp³-hybridized carbons (Fsp3) is 0.286. The van der Waals surface area contributed by atoms with E-state index in [0.29, 0.717) is 4.91 Å². The molecule has 0 saturated carbocycles. The minimum atomic E-state index is -0.178. The molecule has 4 heteroatoms. The molecular weight excluding hydrogens is 246 g/mol. The van der Waals surface area contributed by atoms with Gasteiger partial charge in [-0.05, 0) is 36.7 Å². The lowest BCUT2D eigenvalue weighted by atomic mass is 10.2. The molecule has 18 heavy (non-hydrogen) atoms. The summed E-state index contributed by atoms with van der Waals surface area (Å²) in [6.07, 6.45) is 2.55. The minimum absolute atomic E-state index is 0.0424. The molecule has 1 saturated heterocycles. The van der Waals surface area contributed by atoms with Crippen LogP contribution in [-0.2, 0) is 4.79 Å². The van der Waals surface area contributed by atoms with Crippen molar-refractivity contribution in [1.29, 1.82) is 0 Å². The van der Waals surface area contributed by atoms with Gasteiger partial charge in [0.1, 0.15) is 0 Å². The molecule has 0 aliphatic carbocycles. The highest BCUT2D eigenvalue weighted by molar-refractivity contribution is 8.18. The number of nitrogens with zero attached hydrogens (tertiary/aromatic N) is 1. The molecule has 1 heterocycles. The summed E-state index contributed by atoms with van der Waals surface area (Å²) in [5.74, 6) is -0.178. The molecule has 1 atom stereocenters. The van der Waals surface area contributed by atoms with Gasteiger partial charge in [0.2, 0.25) is 0 Å². The van der Waals surface area contributed by atoms with Crippen molar-refractivity contribution in [2.45, 2.75) is 26.3 Å². The molecule has 1 aliphatic heterocycles. The highest BCUT2D eigenvalue weighted by Gasteiger charge is 2.37. The SMILES string of the molecule is CC[C@H](C)N1C(=O)S/C(=C/c2ccccc2)C1=O. The molecule has 2 amide bonds. The van der Waals surface area contributed by atoms with Crippen molar-refractivity contribution < 1.29 is 9.59 Å². The number of thioether (sulfide) groups is 1. The van der Waals surface area contributed by atoms with E-state index in [1.165, 1.54) is 4.90 Å². The Morgan fingerprint density at radius 2 is 1.94 bits per heavy atom. The number of hydrogen-bond acceptors (Lipinski definition) is 3. The maximum atomic E-state index is 12.1. The minimum Gasteiger partial charge on any atom is -0.268 e. The Hall–Kier alpha value is -1.55. The molecular formula is C14H15NO2S. The molecule has 0 N–H and O–H groups in total. The monoisotopic (exact) mass is 261 g/mol. The van der Waals surface area contributed by atoms with Crippen LogP contribution in [0.3, 0.4) is 0 Å². The molecule has 2 rings (SSSR count). The van der Waals surface area contributed by atoms with Crippen LogP contribution in [0.2, 0.25) is 0 Å². The van der Waals surface area contributed by atoms with Gasteiger partial charge in [0, 0.05) is 6.04 Å². The summed E-state index contributed by atoms with van der Waals surface area (Å²) in [6.45, 7) is 3.86. The van der Waals surface area contributed by atoms with Crippen LogP contribution in [0.25, 0.3) is 6.08 Å². The van der Waals surface area contributed by atoms with Crippen molar-refractivity contribution in [2.75, 3.05) is 0 Å². The fourth-order valence-electron chi connectivity index (χ4n) is 1.74. The summed E-state index contributed by atoms with van der Waals surface area (Å²) in [6, 6.07) is 9.52. The van der Waals surface area contributed by atoms with Crippen molar-refractivity contribution in [3.05, 3.63) is 40.8 Å². The molecule has 0 spiro atoms. The molecule has 1 aromatic carbocycles. The van der Waals surface area contributed by atoms with Gasteiger partial charge in [0.05, 0.1) is 4.91 Å². The van der Waals surface area contributed by atoms with E-state index in [4.69, 9.17) is 0 Å². The third-order valence-electron chi connectivity index (χ3n) is 2.95. The summed E-state index contributed by atoms with van der Waals surface area (Å²) in [7, 11) is 0. The zero-order valence-electron chi connectivity index (χ0n) is 10.4. The normalized spacial score (nSPS) is 19.7. The molecule has 1 aromatic rings. The number of carbonyl (C=O) groups excluding carboxylic acids is 2. The van der Waals surface area contributed by atoms with Gasteiger partial charge in [-0.3, -0.25) is 14.5 Å². The zero-order chi connectivity index (χ0) is 13.1. The van der Waals surface area contributed by atoms with E-state index in [1.54, 1.807) is 6.08 Å². The van der Waals surface area contributed by atoms with Gasteiger partial charge in [-0.15, -0.1) is 0 Å². The number of hydrogen-bond donors (Lipinski definition) is 0. The molecule has 0 radical (unpaired) electrons. The summed E-state index contributed by atoms with van der Waals surface area (Å²) in [4.78, 5) is 25.8. The lowest BCUT2D eigenvalue weighted by Gasteiger charge is -2.19. The standard InChI is InChI=1S/C14H15NO2S/c1-3-10(2)15-13(16)12(18-14(15)17)9-11-7-5-4-6-8-11/h4-10H,3H2,1-2H3/b12-9+/t10-/m0/s1. The van der Waals surface area contributed by atoms with Gasteiger partial charge in [-0.25, -0.2) is 0 Å². The Kier molecular flexibility index (Phi) is 3.87. The fourth-order valence-corrected chi connectivity index (χ4v) is 2.67. The van der Waals surface area contributed by atoms with Gasteiger partial charge in [-0.2, -0.15) is 0 Å². The number of rotatable bonds is 3. The summed E-state index contributed by atoms with van der Waals surface area (Å²) in [5.41, 5.74) is 0.937. The Bertz CT molecular complexity index is 496. The van der Waals surface area contributed by atoms with Crippen LogP contribution >= 0.6 is 11.8 Å². The Morgan fingerprint density at radius 1 is 1.28 bits per heavy atom. The van der Waals surface area contributed by atoms with E-state index in [9.17, 15) is 9.59 Å². The number of imide groups is 1. The predicted molar refractivity (Wildman–Crippen MR) is 74.0 cm³/mol. The first kappa shape index (κ1) is 12.9. The van der Waals surface area contributed by atoms with Crippen molar-refractivity contribution >= 4 is 29.0 Å². The van der Waals surface area contributed by atoms with Crippen LogP contribution in [-0.4, -0.2) is 22.1 Å². The molecule has 94 valence electrons. The Balaban J connectivity index is 2.26. The predicted octanol–water partition coefficient (Wildman–Crippen LogP) is 3.52. The molecule has 0 bridgehead atoms. The number of amides is 2. The average Bonchev–Trinajstić information content (AvgIpc) is 2.65. The van der Waals surface area contributed by atoms with E-state index in [-0.39, 0.29) is 17.2 Å². The van der Waals surface area contributed by atoms with Crippen LogP contribution in [0.1, 0.15) is 25.8 Å². The molecule has 0 unspecified atom stereocenters. The lowest BCUT2D eigenvalue weighted by molar-refractivity contribution is -0.124. The molecule has 1 aliphatic rings. The van der Waals surface area contributed by atoms with E-state index < -0.39 is 0 Å². The van der Waals surface area contributed by atoms with Crippen LogP contribution < -0.4 is 0 Å². The van der Waals surface area contributed by atoms with Crippen LogP contribution in [0.4, 0.5) is 4.79 Å². The average molecular weight is 261 g/mol.